The van der Waals surface area contributed by atoms with Crippen molar-refractivity contribution in [2.75, 3.05) is 13.6 Å². The van der Waals surface area contributed by atoms with Crippen LogP contribution in [0.15, 0.2) is 48.5 Å². The molecule has 1 aliphatic carbocycles. The molecule has 0 aromatic heterocycles. The molecular formula is C18H25NO. The summed E-state index contributed by atoms with van der Waals surface area (Å²) in [5.41, 5.74) is 0. The molecule has 2 aromatic rings. The van der Waals surface area contributed by atoms with Crippen LogP contribution in [0.1, 0.15) is 25.7 Å². The summed E-state index contributed by atoms with van der Waals surface area (Å²) >= 11 is 0. The number of hydrogen-bond acceptors (Lipinski definition) is 2. The van der Waals surface area contributed by atoms with Crippen molar-refractivity contribution >= 4 is 10.8 Å². The zero-order valence-corrected chi connectivity index (χ0v) is 12.3. The van der Waals surface area contributed by atoms with Crippen molar-refractivity contribution in [1.29, 1.82) is 0 Å². The van der Waals surface area contributed by atoms with E-state index in [1.54, 1.807) is 0 Å². The summed E-state index contributed by atoms with van der Waals surface area (Å²) in [5.74, 6) is 0.513. The highest BCUT2D eigenvalue weighted by Crippen LogP contribution is 2.23. The van der Waals surface area contributed by atoms with Crippen molar-refractivity contribution in [1.82, 2.24) is 5.32 Å². The lowest BCUT2D eigenvalue weighted by atomic mass is 9.86. The van der Waals surface area contributed by atoms with E-state index in [1.165, 1.54) is 30.0 Å². The fraction of sp³-hybridized carbons (Fsp3) is 0.444. The predicted molar refractivity (Wildman–Crippen MR) is 85.8 cm³/mol. The molecule has 2 aromatic carbocycles. The number of aliphatic hydroxyl groups excluding tert-OH is 1. The number of hydrogen-bond donors (Lipinski definition) is 2. The Morgan fingerprint density at radius 2 is 1.45 bits per heavy atom. The monoisotopic (exact) mass is 271 g/mol. The van der Waals surface area contributed by atoms with Gasteiger partial charge in [-0.05, 0) is 36.6 Å². The maximum Gasteiger partial charge on any atom is 0.0580 e. The Hall–Kier alpha value is -1.38. The normalized spacial score (nSPS) is 22.1. The van der Waals surface area contributed by atoms with E-state index in [4.69, 9.17) is 0 Å². The van der Waals surface area contributed by atoms with Gasteiger partial charge in [0.15, 0.2) is 0 Å². The van der Waals surface area contributed by atoms with E-state index in [0.29, 0.717) is 5.92 Å². The summed E-state index contributed by atoms with van der Waals surface area (Å²) in [4.78, 5) is 0. The number of aliphatic hydroxyl groups is 1. The molecule has 2 N–H and O–H groups in total. The van der Waals surface area contributed by atoms with Crippen LogP contribution in [0.5, 0.6) is 0 Å². The smallest absolute Gasteiger partial charge is 0.0580 e. The van der Waals surface area contributed by atoms with E-state index in [9.17, 15) is 5.11 Å². The van der Waals surface area contributed by atoms with Crippen LogP contribution in [0, 0.1) is 5.92 Å². The number of rotatable bonds is 2. The maximum atomic E-state index is 9.46. The van der Waals surface area contributed by atoms with Gasteiger partial charge in [0.25, 0.3) is 0 Å². The van der Waals surface area contributed by atoms with E-state index >= 15 is 0 Å². The van der Waals surface area contributed by atoms with Crippen LogP contribution in [-0.2, 0) is 0 Å². The van der Waals surface area contributed by atoms with Crippen LogP contribution in [0.3, 0.4) is 0 Å². The quantitative estimate of drug-likeness (QED) is 0.874. The lowest BCUT2D eigenvalue weighted by Gasteiger charge is -2.26. The fourth-order valence-corrected chi connectivity index (χ4v) is 2.82. The van der Waals surface area contributed by atoms with E-state index < -0.39 is 0 Å². The number of nitrogens with one attached hydrogen (secondary N) is 1. The third-order valence-corrected chi connectivity index (χ3v) is 3.99. The van der Waals surface area contributed by atoms with Gasteiger partial charge >= 0.3 is 0 Å². The first-order valence-corrected chi connectivity index (χ1v) is 7.57. The van der Waals surface area contributed by atoms with Gasteiger partial charge < -0.3 is 10.4 Å². The number of benzene rings is 2. The van der Waals surface area contributed by atoms with E-state index in [1.807, 2.05) is 7.05 Å². The molecule has 0 spiro atoms. The van der Waals surface area contributed by atoms with Crippen molar-refractivity contribution in [3.05, 3.63) is 48.5 Å². The molecule has 2 unspecified atom stereocenters. The van der Waals surface area contributed by atoms with Gasteiger partial charge in [-0.2, -0.15) is 0 Å². The summed E-state index contributed by atoms with van der Waals surface area (Å²) in [5, 5.41) is 15.2. The van der Waals surface area contributed by atoms with Gasteiger partial charge in [-0.1, -0.05) is 61.4 Å². The lowest BCUT2D eigenvalue weighted by Crippen LogP contribution is -2.32. The molecule has 0 aliphatic heterocycles. The Morgan fingerprint density at radius 3 is 1.90 bits per heavy atom. The third-order valence-electron chi connectivity index (χ3n) is 3.99. The molecule has 1 fully saturated rings. The van der Waals surface area contributed by atoms with Gasteiger partial charge in [0.2, 0.25) is 0 Å². The minimum atomic E-state index is -0.0406. The summed E-state index contributed by atoms with van der Waals surface area (Å²) < 4.78 is 0. The molecule has 20 heavy (non-hydrogen) atoms. The second-order valence-electron chi connectivity index (χ2n) is 5.52. The van der Waals surface area contributed by atoms with Gasteiger partial charge in [0.1, 0.15) is 0 Å². The molecule has 3 rings (SSSR count). The largest absolute Gasteiger partial charge is 0.393 e. The van der Waals surface area contributed by atoms with Gasteiger partial charge in [-0.25, -0.2) is 0 Å². The molecule has 0 heterocycles. The number of fused-ring (bicyclic) bond motifs is 1. The standard InChI is InChI=1S/C10H8.C8H17NO/c1-2-6-10-8-4-3-7-9(10)5-1;1-9-6-7-4-2-3-5-8(7)10/h1-8H;7-10H,2-6H2,1H3. The summed E-state index contributed by atoms with van der Waals surface area (Å²) in [6.45, 7) is 0.973. The minimum absolute atomic E-state index is 0.0406. The third kappa shape index (κ3) is 4.32. The SMILES string of the molecule is CNCC1CCCCC1O.c1ccc2ccccc2c1. The van der Waals surface area contributed by atoms with E-state index in [-0.39, 0.29) is 6.10 Å². The van der Waals surface area contributed by atoms with Gasteiger partial charge in [0.05, 0.1) is 6.10 Å². The van der Waals surface area contributed by atoms with Crippen molar-refractivity contribution in [2.45, 2.75) is 31.8 Å². The molecule has 0 saturated heterocycles. The summed E-state index contributed by atoms with van der Waals surface area (Å²) in [7, 11) is 1.95. The van der Waals surface area contributed by atoms with Crippen LogP contribution in [-0.4, -0.2) is 24.8 Å². The van der Waals surface area contributed by atoms with Gasteiger partial charge in [-0.3, -0.25) is 0 Å². The summed E-state index contributed by atoms with van der Waals surface area (Å²) in [6, 6.07) is 16.7. The molecule has 0 amide bonds. The Balaban J connectivity index is 0.000000147. The van der Waals surface area contributed by atoms with E-state index in [2.05, 4.69) is 53.8 Å². The maximum absolute atomic E-state index is 9.46. The van der Waals surface area contributed by atoms with Crippen LogP contribution in [0.4, 0.5) is 0 Å². The van der Waals surface area contributed by atoms with Crippen molar-refractivity contribution in [3.63, 3.8) is 0 Å². The molecular weight excluding hydrogens is 246 g/mol. The van der Waals surface area contributed by atoms with Crippen molar-refractivity contribution in [2.24, 2.45) is 5.92 Å². The first kappa shape index (κ1) is 15.0. The molecule has 0 radical (unpaired) electrons. The molecule has 1 saturated carbocycles. The average Bonchev–Trinajstić information content (AvgIpc) is 2.51. The zero-order chi connectivity index (χ0) is 14.2. The fourth-order valence-electron chi connectivity index (χ4n) is 2.82. The highest BCUT2D eigenvalue weighted by atomic mass is 16.3. The molecule has 2 nitrogen and oxygen atoms in total. The van der Waals surface area contributed by atoms with Crippen LogP contribution < -0.4 is 5.32 Å². The Labute approximate surface area is 121 Å². The van der Waals surface area contributed by atoms with Gasteiger partial charge in [0, 0.05) is 6.54 Å². The van der Waals surface area contributed by atoms with E-state index in [0.717, 1.165) is 13.0 Å². The Kier molecular flexibility index (Phi) is 6.03. The molecule has 0 bridgehead atoms. The highest BCUT2D eigenvalue weighted by Gasteiger charge is 2.21. The highest BCUT2D eigenvalue weighted by molar-refractivity contribution is 5.81. The molecule has 1 aliphatic rings. The predicted octanol–water partition coefficient (Wildman–Crippen LogP) is 3.60. The zero-order valence-electron chi connectivity index (χ0n) is 12.3. The minimum Gasteiger partial charge on any atom is -0.393 e. The molecule has 108 valence electrons. The van der Waals surface area contributed by atoms with Crippen LogP contribution >= 0.6 is 0 Å². The molecule has 2 atom stereocenters. The topological polar surface area (TPSA) is 32.3 Å². The van der Waals surface area contributed by atoms with Crippen LogP contribution in [0.2, 0.25) is 0 Å². The first-order valence-electron chi connectivity index (χ1n) is 7.57. The molecule has 2 heteroatoms. The lowest BCUT2D eigenvalue weighted by molar-refractivity contribution is 0.0707. The van der Waals surface area contributed by atoms with Gasteiger partial charge in [-0.15, -0.1) is 0 Å². The first-order chi connectivity index (χ1) is 9.81. The Bertz CT molecular complexity index is 444. The second kappa shape index (κ2) is 8.03. The van der Waals surface area contributed by atoms with Crippen molar-refractivity contribution in [3.8, 4) is 0 Å². The summed E-state index contributed by atoms with van der Waals surface area (Å²) in [6.07, 6.45) is 4.67. The van der Waals surface area contributed by atoms with Crippen LogP contribution in [0.25, 0.3) is 10.8 Å². The Morgan fingerprint density at radius 1 is 0.950 bits per heavy atom. The second-order valence-corrected chi connectivity index (χ2v) is 5.52. The average molecular weight is 271 g/mol. The van der Waals surface area contributed by atoms with Crippen molar-refractivity contribution < 1.29 is 5.11 Å².